The molecular formula is C18H17N5O. The summed E-state index contributed by atoms with van der Waals surface area (Å²) in [4.78, 5) is 0. The van der Waals surface area contributed by atoms with E-state index in [2.05, 4.69) is 58.1 Å². The summed E-state index contributed by atoms with van der Waals surface area (Å²) in [6.07, 6.45) is 2.13. The Hall–Kier alpha value is -3.15. The number of benzene rings is 2. The van der Waals surface area contributed by atoms with Crippen molar-refractivity contribution >= 4 is 11.6 Å². The average Bonchev–Trinajstić information content (AvgIpc) is 3.10. The summed E-state index contributed by atoms with van der Waals surface area (Å²) in [5.74, 6) is 1.44. The van der Waals surface area contributed by atoms with E-state index >= 15 is 0 Å². The van der Waals surface area contributed by atoms with Gasteiger partial charge in [0.05, 0.1) is 7.11 Å². The Morgan fingerprint density at radius 3 is 2.75 bits per heavy atom. The smallest absolute Gasteiger partial charge is 0.248 e. The van der Waals surface area contributed by atoms with Crippen LogP contribution in [0.4, 0.5) is 5.95 Å². The van der Waals surface area contributed by atoms with Crippen molar-refractivity contribution < 1.29 is 4.74 Å². The average molecular weight is 319 g/mol. The van der Waals surface area contributed by atoms with Crippen molar-refractivity contribution in [1.29, 1.82) is 0 Å². The number of ether oxygens (including phenoxy) is 1. The van der Waals surface area contributed by atoms with Gasteiger partial charge in [-0.25, -0.2) is 0 Å². The molecule has 120 valence electrons. The molecule has 0 saturated heterocycles. The molecular weight excluding hydrogens is 302 g/mol. The molecule has 24 heavy (non-hydrogen) atoms. The largest absolute Gasteiger partial charge is 0.497 e. The third-order valence-electron chi connectivity index (χ3n) is 4.13. The summed E-state index contributed by atoms with van der Waals surface area (Å²) >= 11 is 0. The fraction of sp³-hybridized carbons (Fsp3) is 0.167. The maximum atomic E-state index is 5.32. The van der Waals surface area contributed by atoms with Crippen LogP contribution in [0.5, 0.6) is 5.75 Å². The molecule has 0 bridgehead atoms. The van der Waals surface area contributed by atoms with Gasteiger partial charge in [0.2, 0.25) is 5.95 Å². The molecule has 4 rings (SSSR count). The Balaban J connectivity index is 1.79. The fourth-order valence-corrected chi connectivity index (χ4v) is 2.81. The van der Waals surface area contributed by atoms with Gasteiger partial charge in [0.25, 0.3) is 0 Å². The van der Waals surface area contributed by atoms with Crippen molar-refractivity contribution in [2.45, 2.75) is 13.0 Å². The van der Waals surface area contributed by atoms with Gasteiger partial charge in [-0.05, 0) is 41.1 Å². The molecule has 2 heterocycles. The van der Waals surface area contributed by atoms with Gasteiger partial charge in [0.1, 0.15) is 11.8 Å². The number of methoxy groups -OCH3 is 1. The van der Waals surface area contributed by atoms with Gasteiger partial charge in [-0.3, -0.25) is 0 Å². The van der Waals surface area contributed by atoms with Crippen molar-refractivity contribution in [3.05, 3.63) is 71.3 Å². The lowest BCUT2D eigenvalue weighted by atomic mass is 10.0. The lowest BCUT2D eigenvalue weighted by Gasteiger charge is -2.23. The standard InChI is InChI=1S/C18H17N5O/c1-12-6-8-13(9-7-12)17-11-16(19-18-20-21-22-23(17)18)14-4-3-5-15(10-14)24-2/h3-11,17H,1-2H3,(H,19,20,22). The van der Waals surface area contributed by atoms with Crippen LogP contribution in [0.25, 0.3) is 5.70 Å². The highest BCUT2D eigenvalue weighted by molar-refractivity contribution is 5.77. The van der Waals surface area contributed by atoms with Crippen molar-refractivity contribution in [3.8, 4) is 5.75 Å². The molecule has 6 nitrogen and oxygen atoms in total. The summed E-state index contributed by atoms with van der Waals surface area (Å²) < 4.78 is 7.11. The van der Waals surface area contributed by atoms with Crippen LogP contribution in [0.2, 0.25) is 0 Å². The predicted octanol–water partition coefficient (Wildman–Crippen LogP) is 3.05. The predicted molar refractivity (Wildman–Crippen MR) is 91.7 cm³/mol. The lowest BCUT2D eigenvalue weighted by Crippen LogP contribution is -2.20. The maximum Gasteiger partial charge on any atom is 0.248 e. The molecule has 0 fully saturated rings. The second-order valence-electron chi connectivity index (χ2n) is 5.74. The fourth-order valence-electron chi connectivity index (χ4n) is 2.81. The van der Waals surface area contributed by atoms with Gasteiger partial charge in [-0.2, -0.15) is 4.68 Å². The quantitative estimate of drug-likeness (QED) is 0.804. The number of fused-ring (bicyclic) bond motifs is 1. The first kappa shape index (κ1) is 14.4. The van der Waals surface area contributed by atoms with E-state index in [1.807, 2.05) is 24.3 Å². The minimum atomic E-state index is -0.0574. The number of nitrogens with zero attached hydrogens (tertiary/aromatic N) is 4. The second kappa shape index (κ2) is 5.81. The number of nitrogens with one attached hydrogen (secondary N) is 1. The minimum absolute atomic E-state index is 0.0574. The van der Waals surface area contributed by atoms with Crippen molar-refractivity contribution in [1.82, 2.24) is 20.2 Å². The van der Waals surface area contributed by atoms with Gasteiger partial charge in [-0.1, -0.05) is 47.1 Å². The van der Waals surface area contributed by atoms with E-state index < -0.39 is 0 Å². The van der Waals surface area contributed by atoms with Gasteiger partial charge >= 0.3 is 0 Å². The molecule has 2 aromatic carbocycles. The highest BCUT2D eigenvalue weighted by Crippen LogP contribution is 2.32. The summed E-state index contributed by atoms with van der Waals surface area (Å²) in [5, 5.41) is 15.3. The molecule has 0 amide bonds. The number of hydrogen-bond donors (Lipinski definition) is 1. The van der Waals surface area contributed by atoms with E-state index in [0.29, 0.717) is 5.95 Å². The molecule has 0 saturated carbocycles. The topological polar surface area (TPSA) is 64.9 Å². The monoisotopic (exact) mass is 319 g/mol. The number of hydrogen-bond acceptors (Lipinski definition) is 5. The zero-order valence-electron chi connectivity index (χ0n) is 13.5. The van der Waals surface area contributed by atoms with Crippen LogP contribution >= 0.6 is 0 Å². The molecule has 1 N–H and O–H groups in total. The van der Waals surface area contributed by atoms with Crippen LogP contribution in [0, 0.1) is 6.92 Å². The molecule has 6 heteroatoms. The minimum Gasteiger partial charge on any atom is -0.497 e. The summed E-state index contributed by atoms with van der Waals surface area (Å²) in [5.41, 5.74) is 4.35. The SMILES string of the molecule is COc1cccc(C2=CC(c3ccc(C)cc3)n3nnnc3N2)c1. The number of tetrazole rings is 1. The first-order valence-corrected chi connectivity index (χ1v) is 7.72. The molecule has 1 aliphatic heterocycles. The van der Waals surface area contributed by atoms with E-state index in [-0.39, 0.29) is 6.04 Å². The molecule has 1 aromatic heterocycles. The Labute approximate surface area is 139 Å². The van der Waals surface area contributed by atoms with E-state index in [1.165, 1.54) is 5.56 Å². The number of rotatable bonds is 3. The first-order chi connectivity index (χ1) is 11.7. The molecule has 1 atom stereocenters. The lowest BCUT2D eigenvalue weighted by molar-refractivity contribution is 0.414. The Morgan fingerprint density at radius 2 is 1.96 bits per heavy atom. The van der Waals surface area contributed by atoms with E-state index in [1.54, 1.807) is 11.8 Å². The third-order valence-corrected chi connectivity index (χ3v) is 4.13. The zero-order valence-corrected chi connectivity index (χ0v) is 13.5. The highest BCUT2D eigenvalue weighted by atomic mass is 16.5. The number of aryl methyl sites for hydroxylation is 1. The molecule has 0 aliphatic carbocycles. The van der Waals surface area contributed by atoms with Crippen LogP contribution < -0.4 is 10.1 Å². The van der Waals surface area contributed by atoms with Gasteiger partial charge in [-0.15, -0.1) is 0 Å². The number of allylic oxidation sites excluding steroid dienone is 1. The first-order valence-electron chi connectivity index (χ1n) is 7.72. The molecule has 3 aromatic rings. The Kier molecular flexibility index (Phi) is 3.49. The van der Waals surface area contributed by atoms with Crippen molar-refractivity contribution in [3.63, 3.8) is 0 Å². The molecule has 0 spiro atoms. The summed E-state index contributed by atoms with van der Waals surface area (Å²) in [6, 6.07) is 16.3. The second-order valence-corrected chi connectivity index (χ2v) is 5.74. The Bertz CT molecular complexity index is 898. The van der Waals surface area contributed by atoms with E-state index in [0.717, 1.165) is 22.6 Å². The van der Waals surface area contributed by atoms with Crippen LogP contribution in [-0.4, -0.2) is 27.3 Å². The van der Waals surface area contributed by atoms with Crippen LogP contribution in [-0.2, 0) is 0 Å². The maximum absolute atomic E-state index is 5.32. The van der Waals surface area contributed by atoms with Gasteiger partial charge in [0.15, 0.2) is 0 Å². The summed E-state index contributed by atoms with van der Waals surface area (Å²) in [6.45, 7) is 2.08. The van der Waals surface area contributed by atoms with Crippen molar-refractivity contribution in [2.75, 3.05) is 12.4 Å². The molecule has 1 aliphatic rings. The van der Waals surface area contributed by atoms with Crippen LogP contribution in [0.1, 0.15) is 22.7 Å². The highest BCUT2D eigenvalue weighted by Gasteiger charge is 2.24. The number of aromatic nitrogens is 4. The van der Waals surface area contributed by atoms with Gasteiger partial charge < -0.3 is 10.1 Å². The number of anilines is 1. The zero-order chi connectivity index (χ0) is 16.5. The third kappa shape index (κ3) is 2.52. The van der Waals surface area contributed by atoms with E-state index in [4.69, 9.17) is 4.74 Å². The normalized spacial score (nSPS) is 16.1. The van der Waals surface area contributed by atoms with Crippen molar-refractivity contribution in [2.24, 2.45) is 0 Å². The van der Waals surface area contributed by atoms with Crippen LogP contribution in [0.15, 0.2) is 54.6 Å². The van der Waals surface area contributed by atoms with Crippen LogP contribution in [0.3, 0.4) is 0 Å². The molecule has 1 unspecified atom stereocenters. The molecule has 0 radical (unpaired) electrons. The Morgan fingerprint density at radius 1 is 1.12 bits per heavy atom. The summed E-state index contributed by atoms with van der Waals surface area (Å²) in [7, 11) is 1.66. The van der Waals surface area contributed by atoms with E-state index in [9.17, 15) is 0 Å². The van der Waals surface area contributed by atoms with Gasteiger partial charge in [0, 0.05) is 11.3 Å².